The van der Waals surface area contributed by atoms with Crippen LogP contribution >= 0.6 is 0 Å². The first kappa shape index (κ1) is 10.4. The van der Waals surface area contributed by atoms with Crippen molar-refractivity contribution in [3.63, 3.8) is 0 Å². The Morgan fingerprint density at radius 3 is 3.00 bits per heavy atom. The van der Waals surface area contributed by atoms with Crippen molar-refractivity contribution in [2.24, 2.45) is 0 Å². The van der Waals surface area contributed by atoms with E-state index in [9.17, 15) is 4.79 Å². The van der Waals surface area contributed by atoms with E-state index in [0.29, 0.717) is 5.56 Å². The van der Waals surface area contributed by atoms with Gasteiger partial charge in [-0.1, -0.05) is 0 Å². The Hall–Kier alpha value is -1.13. The van der Waals surface area contributed by atoms with Crippen LogP contribution in [0.4, 0.5) is 0 Å². The van der Waals surface area contributed by atoms with E-state index in [-0.39, 0.29) is 24.4 Å². The van der Waals surface area contributed by atoms with E-state index < -0.39 is 0 Å². The van der Waals surface area contributed by atoms with E-state index in [4.69, 9.17) is 9.84 Å². The van der Waals surface area contributed by atoms with Crippen molar-refractivity contribution in [1.29, 1.82) is 0 Å². The molecule has 1 aliphatic heterocycles. The highest BCUT2D eigenvalue weighted by molar-refractivity contribution is 5.19. The third kappa shape index (κ3) is 2.11. The van der Waals surface area contributed by atoms with E-state index in [1.54, 1.807) is 13.1 Å². The number of aliphatic hydroxyl groups is 1. The fourth-order valence-electron chi connectivity index (χ4n) is 1.89. The minimum absolute atomic E-state index is 0.0118. The number of pyridine rings is 1. The predicted molar refractivity (Wildman–Crippen MR) is 55.7 cm³/mol. The van der Waals surface area contributed by atoms with Gasteiger partial charge < -0.3 is 14.8 Å². The molecule has 1 aliphatic rings. The smallest absolute Gasteiger partial charge is 0.250 e. The summed E-state index contributed by atoms with van der Waals surface area (Å²) >= 11 is 0. The lowest BCUT2D eigenvalue weighted by Crippen LogP contribution is -2.13. The van der Waals surface area contributed by atoms with E-state index in [1.165, 1.54) is 0 Å². The first-order chi connectivity index (χ1) is 7.20. The number of H-pyrrole nitrogens is 1. The number of rotatable bonds is 2. The van der Waals surface area contributed by atoms with Crippen molar-refractivity contribution in [2.45, 2.75) is 32.0 Å². The number of aryl methyl sites for hydroxylation is 1. The second-order valence-corrected chi connectivity index (χ2v) is 3.95. The van der Waals surface area contributed by atoms with Crippen LogP contribution in [0.15, 0.2) is 17.1 Å². The molecule has 1 saturated heterocycles. The summed E-state index contributed by atoms with van der Waals surface area (Å²) < 4.78 is 5.62. The molecule has 2 atom stereocenters. The van der Waals surface area contributed by atoms with Gasteiger partial charge in [-0.3, -0.25) is 4.79 Å². The van der Waals surface area contributed by atoms with Crippen LogP contribution in [0.1, 0.15) is 30.1 Å². The van der Waals surface area contributed by atoms with Crippen molar-refractivity contribution in [1.82, 2.24) is 4.98 Å². The minimum atomic E-state index is -0.0598. The molecular formula is C11H15NO3. The van der Waals surface area contributed by atoms with Gasteiger partial charge in [-0.25, -0.2) is 0 Å². The summed E-state index contributed by atoms with van der Waals surface area (Å²) in [6.07, 6.45) is 3.43. The second-order valence-electron chi connectivity index (χ2n) is 3.95. The van der Waals surface area contributed by atoms with Crippen LogP contribution in [-0.2, 0) is 4.74 Å². The molecule has 1 fully saturated rings. The van der Waals surface area contributed by atoms with Gasteiger partial charge in [0.05, 0.1) is 18.8 Å². The number of hydrogen-bond donors (Lipinski definition) is 2. The highest BCUT2D eigenvalue weighted by atomic mass is 16.5. The van der Waals surface area contributed by atoms with Crippen molar-refractivity contribution in [2.75, 3.05) is 6.61 Å². The summed E-state index contributed by atoms with van der Waals surface area (Å²) in [7, 11) is 0. The molecule has 0 amide bonds. The maximum absolute atomic E-state index is 11.2. The zero-order chi connectivity index (χ0) is 10.8. The lowest BCUT2D eigenvalue weighted by molar-refractivity contribution is 0.0108. The molecule has 2 heterocycles. The fraction of sp³-hybridized carbons (Fsp3) is 0.545. The molecule has 0 aromatic carbocycles. The zero-order valence-electron chi connectivity index (χ0n) is 8.69. The normalized spacial score (nSPS) is 25.7. The average Bonchev–Trinajstić information content (AvgIpc) is 2.70. The van der Waals surface area contributed by atoms with Crippen LogP contribution < -0.4 is 5.56 Å². The fourth-order valence-corrected chi connectivity index (χ4v) is 1.89. The Balaban J connectivity index is 2.17. The molecule has 0 unspecified atom stereocenters. The Labute approximate surface area is 87.9 Å². The summed E-state index contributed by atoms with van der Waals surface area (Å²) in [5, 5.41) is 8.95. The van der Waals surface area contributed by atoms with Crippen LogP contribution in [-0.4, -0.2) is 22.8 Å². The Kier molecular flexibility index (Phi) is 2.88. The van der Waals surface area contributed by atoms with Gasteiger partial charge in [-0.15, -0.1) is 0 Å². The van der Waals surface area contributed by atoms with Gasteiger partial charge in [-0.2, -0.15) is 0 Å². The van der Waals surface area contributed by atoms with E-state index >= 15 is 0 Å². The predicted octanol–water partition coefficient (Wildman–Crippen LogP) is 0.896. The maximum atomic E-state index is 11.2. The van der Waals surface area contributed by atoms with Crippen LogP contribution in [0.5, 0.6) is 0 Å². The lowest BCUT2D eigenvalue weighted by Gasteiger charge is -2.12. The molecule has 1 aromatic heterocycles. The van der Waals surface area contributed by atoms with Crippen molar-refractivity contribution < 1.29 is 9.84 Å². The molecule has 4 nitrogen and oxygen atoms in total. The molecule has 0 spiro atoms. The van der Waals surface area contributed by atoms with Gasteiger partial charge in [0, 0.05) is 11.8 Å². The van der Waals surface area contributed by atoms with Crippen LogP contribution in [0.3, 0.4) is 0 Å². The van der Waals surface area contributed by atoms with Gasteiger partial charge in [0.15, 0.2) is 0 Å². The Morgan fingerprint density at radius 2 is 2.40 bits per heavy atom. The van der Waals surface area contributed by atoms with Gasteiger partial charge in [0.2, 0.25) is 0 Å². The van der Waals surface area contributed by atoms with E-state index in [2.05, 4.69) is 4.98 Å². The van der Waals surface area contributed by atoms with Crippen LogP contribution in [0, 0.1) is 6.92 Å². The molecule has 0 aliphatic carbocycles. The standard InChI is InChI=1S/C11H15NO3/c1-7-4-8(5-12-11(7)14)10-3-2-9(6-13)15-10/h4-5,9-10,13H,2-3,6H2,1H3,(H,12,14)/t9-,10+/m0/s1. The highest BCUT2D eigenvalue weighted by Gasteiger charge is 2.26. The summed E-state index contributed by atoms with van der Waals surface area (Å²) in [5.74, 6) is 0. The van der Waals surface area contributed by atoms with Gasteiger partial charge >= 0.3 is 0 Å². The molecule has 0 bridgehead atoms. The molecule has 0 radical (unpaired) electrons. The third-order valence-electron chi connectivity index (χ3n) is 2.79. The van der Waals surface area contributed by atoms with Crippen LogP contribution in [0.2, 0.25) is 0 Å². The summed E-state index contributed by atoms with van der Waals surface area (Å²) in [6, 6.07) is 1.85. The largest absolute Gasteiger partial charge is 0.394 e. The Bertz CT molecular complexity index is 399. The molecule has 1 aromatic rings. The van der Waals surface area contributed by atoms with Gasteiger partial charge in [0.1, 0.15) is 0 Å². The van der Waals surface area contributed by atoms with Crippen LogP contribution in [0.25, 0.3) is 0 Å². The topological polar surface area (TPSA) is 62.3 Å². The van der Waals surface area contributed by atoms with E-state index in [1.807, 2.05) is 6.07 Å². The molecule has 15 heavy (non-hydrogen) atoms. The van der Waals surface area contributed by atoms with Gasteiger partial charge in [-0.05, 0) is 31.4 Å². The first-order valence-electron chi connectivity index (χ1n) is 5.16. The first-order valence-corrected chi connectivity index (χ1v) is 5.16. The molecule has 0 saturated carbocycles. The van der Waals surface area contributed by atoms with Crippen molar-refractivity contribution in [3.05, 3.63) is 33.7 Å². The number of aliphatic hydroxyl groups excluding tert-OH is 1. The molecule has 2 N–H and O–H groups in total. The van der Waals surface area contributed by atoms with E-state index in [0.717, 1.165) is 18.4 Å². The maximum Gasteiger partial charge on any atom is 0.250 e. The number of ether oxygens (including phenoxy) is 1. The summed E-state index contributed by atoms with van der Waals surface area (Å²) in [5.41, 5.74) is 1.63. The Morgan fingerprint density at radius 1 is 1.60 bits per heavy atom. The molecule has 82 valence electrons. The second kappa shape index (κ2) is 4.16. The quantitative estimate of drug-likeness (QED) is 0.760. The number of aromatic nitrogens is 1. The molecule has 4 heteroatoms. The van der Waals surface area contributed by atoms with Gasteiger partial charge in [0.25, 0.3) is 5.56 Å². The molecular weight excluding hydrogens is 194 g/mol. The average molecular weight is 209 g/mol. The number of hydrogen-bond acceptors (Lipinski definition) is 3. The number of nitrogens with one attached hydrogen (secondary N) is 1. The lowest BCUT2D eigenvalue weighted by atomic mass is 10.1. The summed E-state index contributed by atoms with van der Waals surface area (Å²) in [4.78, 5) is 13.9. The van der Waals surface area contributed by atoms with Crippen molar-refractivity contribution >= 4 is 0 Å². The van der Waals surface area contributed by atoms with Crippen molar-refractivity contribution in [3.8, 4) is 0 Å². The third-order valence-corrected chi connectivity index (χ3v) is 2.79. The zero-order valence-corrected chi connectivity index (χ0v) is 8.69. The highest BCUT2D eigenvalue weighted by Crippen LogP contribution is 2.31. The number of aromatic amines is 1. The monoisotopic (exact) mass is 209 g/mol. The SMILES string of the molecule is Cc1cc([C@H]2CC[C@@H](CO)O2)c[nH]c1=O. The summed E-state index contributed by atoms with van der Waals surface area (Å²) in [6.45, 7) is 1.85. The minimum Gasteiger partial charge on any atom is -0.394 e. The molecule has 2 rings (SSSR count).